The lowest BCUT2D eigenvalue weighted by atomic mass is 10.3. The van der Waals surface area contributed by atoms with Gasteiger partial charge >= 0.3 is 0 Å². The topological polar surface area (TPSA) is 57.8 Å². The molecular weight excluding hydrogens is 290 g/mol. The van der Waals surface area contributed by atoms with Gasteiger partial charge in [-0.05, 0) is 24.9 Å². The predicted octanol–water partition coefficient (Wildman–Crippen LogP) is 1.72. The van der Waals surface area contributed by atoms with E-state index in [1.54, 1.807) is 11.3 Å². The highest BCUT2D eigenvalue weighted by molar-refractivity contribution is 7.98. The van der Waals surface area contributed by atoms with Crippen LogP contribution in [0.3, 0.4) is 0 Å². The molecule has 0 bridgehead atoms. The summed E-state index contributed by atoms with van der Waals surface area (Å²) in [5.41, 5.74) is 6.07. The molecule has 2 rings (SSSR count). The molecule has 0 spiro atoms. The molecule has 0 saturated carbocycles. The molecule has 0 unspecified atom stereocenters. The average Bonchev–Trinajstić information content (AvgIpc) is 3.01. The van der Waals surface area contributed by atoms with Crippen molar-refractivity contribution in [3.63, 3.8) is 0 Å². The Kier molecular flexibility index (Phi) is 6.46. The first-order valence-electron chi connectivity index (χ1n) is 6.99. The molecule has 5 nitrogen and oxygen atoms in total. The summed E-state index contributed by atoms with van der Waals surface area (Å²) in [5, 5.41) is 3.13. The van der Waals surface area contributed by atoms with E-state index in [0.717, 1.165) is 44.3 Å². The summed E-state index contributed by atoms with van der Waals surface area (Å²) in [6.45, 7) is 4.64. The van der Waals surface area contributed by atoms with Crippen molar-refractivity contribution in [3.8, 4) is 0 Å². The van der Waals surface area contributed by atoms with Gasteiger partial charge in [0.05, 0.1) is 0 Å². The Labute approximate surface area is 129 Å². The maximum atomic E-state index is 6.07. The van der Waals surface area contributed by atoms with Gasteiger partial charge in [0.1, 0.15) is 0 Å². The molecule has 1 saturated heterocycles. The number of unbranched alkanes of at least 4 members (excludes halogenated alkanes) is 1. The third-order valence-electron chi connectivity index (χ3n) is 3.32. The lowest BCUT2D eigenvalue weighted by Gasteiger charge is -2.35. The first-order valence-corrected chi connectivity index (χ1v) is 9.27. The molecule has 0 aliphatic carbocycles. The summed E-state index contributed by atoms with van der Waals surface area (Å²) >= 11 is 3.58. The van der Waals surface area contributed by atoms with Gasteiger partial charge in [-0.25, -0.2) is 4.98 Å². The van der Waals surface area contributed by atoms with Crippen LogP contribution in [0.1, 0.15) is 12.8 Å². The van der Waals surface area contributed by atoms with E-state index in [1.807, 2.05) is 23.3 Å². The number of aliphatic imine (C=N–C) groups is 1. The number of guanidine groups is 1. The summed E-state index contributed by atoms with van der Waals surface area (Å²) in [4.78, 5) is 13.3. The number of thioether (sulfide) groups is 1. The van der Waals surface area contributed by atoms with Gasteiger partial charge in [-0.1, -0.05) is 0 Å². The highest BCUT2D eigenvalue weighted by Crippen LogP contribution is 2.18. The lowest BCUT2D eigenvalue weighted by Crippen LogP contribution is -2.51. The zero-order valence-electron chi connectivity index (χ0n) is 12.0. The monoisotopic (exact) mass is 313 g/mol. The molecule has 1 aromatic heterocycles. The third kappa shape index (κ3) is 4.56. The van der Waals surface area contributed by atoms with Gasteiger partial charge < -0.3 is 15.5 Å². The Bertz CT molecular complexity index is 399. The van der Waals surface area contributed by atoms with Gasteiger partial charge in [-0.2, -0.15) is 11.8 Å². The Morgan fingerprint density at radius 3 is 2.85 bits per heavy atom. The minimum absolute atomic E-state index is 0.702. The zero-order chi connectivity index (χ0) is 14.2. The van der Waals surface area contributed by atoms with Gasteiger partial charge in [-0.3, -0.25) is 4.99 Å². The van der Waals surface area contributed by atoms with Crippen LogP contribution in [0.25, 0.3) is 0 Å². The van der Waals surface area contributed by atoms with Crippen LogP contribution in [0.2, 0.25) is 0 Å². The normalized spacial score (nSPS) is 16.8. The highest BCUT2D eigenvalue weighted by Gasteiger charge is 2.19. The molecule has 0 atom stereocenters. The molecule has 1 fully saturated rings. The molecule has 0 radical (unpaired) electrons. The van der Waals surface area contributed by atoms with E-state index in [9.17, 15) is 0 Å². The molecule has 20 heavy (non-hydrogen) atoms. The van der Waals surface area contributed by atoms with Gasteiger partial charge in [0.25, 0.3) is 0 Å². The van der Waals surface area contributed by atoms with Crippen LogP contribution < -0.4 is 10.6 Å². The van der Waals surface area contributed by atoms with E-state index >= 15 is 0 Å². The molecule has 2 heterocycles. The molecule has 2 N–H and O–H groups in total. The Hall–Kier alpha value is -0.950. The van der Waals surface area contributed by atoms with Crippen molar-refractivity contribution >= 4 is 34.2 Å². The molecule has 7 heteroatoms. The van der Waals surface area contributed by atoms with Crippen LogP contribution in [-0.2, 0) is 0 Å². The Morgan fingerprint density at radius 2 is 2.20 bits per heavy atom. The van der Waals surface area contributed by atoms with Crippen molar-refractivity contribution in [2.45, 2.75) is 12.8 Å². The van der Waals surface area contributed by atoms with Gasteiger partial charge in [0.15, 0.2) is 11.1 Å². The van der Waals surface area contributed by atoms with E-state index in [4.69, 9.17) is 5.73 Å². The molecule has 112 valence electrons. The number of rotatable bonds is 6. The number of piperazine rings is 1. The molecule has 1 aromatic rings. The Balaban J connectivity index is 1.71. The second-order valence-electron chi connectivity index (χ2n) is 4.73. The molecule has 1 aliphatic heterocycles. The number of nitrogens with two attached hydrogens (primary N) is 1. The first-order chi connectivity index (χ1) is 9.81. The van der Waals surface area contributed by atoms with Crippen LogP contribution in [0.4, 0.5) is 5.13 Å². The lowest BCUT2D eigenvalue weighted by molar-refractivity contribution is 0.380. The van der Waals surface area contributed by atoms with Crippen LogP contribution in [0.15, 0.2) is 16.6 Å². The fraction of sp³-hybridized carbons (Fsp3) is 0.692. The smallest absolute Gasteiger partial charge is 0.191 e. The van der Waals surface area contributed by atoms with Crippen LogP contribution in [0, 0.1) is 0 Å². The number of anilines is 1. The number of hydrogen-bond donors (Lipinski definition) is 1. The Morgan fingerprint density at radius 1 is 1.40 bits per heavy atom. The minimum Gasteiger partial charge on any atom is -0.370 e. The average molecular weight is 313 g/mol. The molecule has 0 aromatic carbocycles. The number of hydrogen-bond acceptors (Lipinski definition) is 5. The fourth-order valence-corrected chi connectivity index (χ4v) is 3.34. The first kappa shape index (κ1) is 15.4. The number of aromatic nitrogens is 1. The van der Waals surface area contributed by atoms with Crippen molar-refractivity contribution in [1.29, 1.82) is 0 Å². The van der Waals surface area contributed by atoms with Crippen molar-refractivity contribution in [1.82, 2.24) is 9.88 Å². The minimum atomic E-state index is 0.702. The maximum absolute atomic E-state index is 6.07. The van der Waals surface area contributed by atoms with E-state index in [0.29, 0.717) is 5.96 Å². The highest BCUT2D eigenvalue weighted by atomic mass is 32.2. The quantitative estimate of drug-likeness (QED) is 0.492. The maximum Gasteiger partial charge on any atom is 0.191 e. The van der Waals surface area contributed by atoms with Gasteiger partial charge in [0.2, 0.25) is 0 Å². The fourth-order valence-electron chi connectivity index (χ4n) is 2.15. The summed E-state index contributed by atoms with van der Waals surface area (Å²) in [7, 11) is 0. The third-order valence-corrected chi connectivity index (χ3v) is 4.85. The predicted molar refractivity (Wildman–Crippen MR) is 90.0 cm³/mol. The van der Waals surface area contributed by atoms with Crippen LogP contribution in [0.5, 0.6) is 0 Å². The number of nitrogens with zero attached hydrogens (tertiary/aromatic N) is 4. The number of thiazole rings is 1. The van der Waals surface area contributed by atoms with E-state index in [2.05, 4.69) is 26.0 Å². The van der Waals surface area contributed by atoms with Crippen molar-refractivity contribution < 1.29 is 0 Å². The van der Waals surface area contributed by atoms with E-state index in [-0.39, 0.29) is 0 Å². The zero-order valence-corrected chi connectivity index (χ0v) is 13.6. The largest absolute Gasteiger partial charge is 0.370 e. The summed E-state index contributed by atoms with van der Waals surface area (Å²) in [5.74, 6) is 1.91. The molecular formula is C13H23N5S2. The van der Waals surface area contributed by atoms with E-state index in [1.165, 1.54) is 12.2 Å². The van der Waals surface area contributed by atoms with Crippen LogP contribution in [-0.4, -0.2) is 60.6 Å². The second-order valence-corrected chi connectivity index (χ2v) is 6.59. The molecule has 1 aliphatic rings. The van der Waals surface area contributed by atoms with Gasteiger partial charge in [-0.15, -0.1) is 11.3 Å². The van der Waals surface area contributed by atoms with Crippen molar-refractivity contribution in [2.75, 3.05) is 49.6 Å². The van der Waals surface area contributed by atoms with Crippen LogP contribution >= 0.6 is 23.1 Å². The van der Waals surface area contributed by atoms with E-state index < -0.39 is 0 Å². The summed E-state index contributed by atoms with van der Waals surface area (Å²) in [6.07, 6.45) is 6.34. The van der Waals surface area contributed by atoms with Crippen molar-refractivity contribution in [3.05, 3.63) is 11.6 Å². The van der Waals surface area contributed by atoms with Crippen molar-refractivity contribution in [2.24, 2.45) is 10.7 Å². The SMILES string of the molecule is CSCCCCN=C(N)N1CCN(c2nccs2)CC1. The summed E-state index contributed by atoms with van der Waals surface area (Å²) in [6, 6.07) is 0. The van der Waals surface area contributed by atoms with Gasteiger partial charge in [0, 0.05) is 44.3 Å². The standard InChI is InChI=1S/C13H23N5S2/c1-19-10-3-2-4-15-12(14)17-6-8-18(9-7-17)13-16-5-11-20-13/h5,11H,2-4,6-10H2,1H3,(H2,14,15). The summed E-state index contributed by atoms with van der Waals surface area (Å²) < 4.78 is 0. The second kappa shape index (κ2) is 8.36. The molecule has 0 amide bonds.